The van der Waals surface area contributed by atoms with Crippen LogP contribution in [-0.4, -0.2) is 175 Å². The number of rotatable bonds is 30. The molecule has 99 heavy (non-hydrogen) atoms. The number of methoxy groups -OCH3 is 2. The lowest BCUT2D eigenvalue weighted by molar-refractivity contribution is -0.137. The Morgan fingerprint density at radius 1 is 0.667 bits per heavy atom. The van der Waals surface area contributed by atoms with E-state index in [1.807, 2.05) is 44.2 Å². The highest BCUT2D eigenvalue weighted by molar-refractivity contribution is 6.13. The van der Waals surface area contributed by atoms with Crippen molar-refractivity contribution >= 4 is 76.6 Å². The molecule has 5 aliphatic heterocycles. The molecule has 0 saturated carbocycles. The number of urea groups is 1. The van der Waals surface area contributed by atoms with Crippen LogP contribution in [0.15, 0.2) is 103 Å². The van der Waals surface area contributed by atoms with E-state index in [2.05, 4.69) is 27.8 Å². The van der Waals surface area contributed by atoms with Gasteiger partial charge in [0.05, 0.1) is 62.0 Å². The van der Waals surface area contributed by atoms with Crippen LogP contribution < -0.4 is 55.7 Å². The van der Waals surface area contributed by atoms with E-state index in [1.165, 1.54) is 55.5 Å². The summed E-state index contributed by atoms with van der Waals surface area (Å²) < 4.78 is 35.6. The van der Waals surface area contributed by atoms with Gasteiger partial charge in [-0.1, -0.05) is 88.7 Å². The van der Waals surface area contributed by atoms with Gasteiger partial charge in [0.2, 0.25) is 17.7 Å². The molecule has 0 aliphatic carbocycles. The van der Waals surface area contributed by atoms with Crippen LogP contribution in [0.4, 0.5) is 31.4 Å². The van der Waals surface area contributed by atoms with Crippen LogP contribution in [0.2, 0.25) is 0 Å². The SMILES string of the molecule is C=C1C[C@H]2C(O)N(C(=O)OCc3ccc(NC(=O)[C@H](CCCNC(N)=O)NC(=O)[C@@H](NC(=O)CCCCCN4C(=O)C=CC4=O)C(C)C)cc3)c3cc(OCCCCCOc4cc5c(cc4OC)C(=O)N4CC(C)(C)C[C@H]4C(O)N5C(=O)OCc4ccccc4)c(OC)cc3C(=O)N2C1. The molecule has 28 nitrogen and oxygen atoms in total. The first-order valence-electron chi connectivity index (χ1n) is 33.2. The first-order chi connectivity index (χ1) is 47.4. The average molecular weight is 1370 g/mol. The standard InChI is InChI=1S/C71H88N10O18/c1-42(2)61(76-58(82)21-13-9-14-29-77-59(83)26-27-60(77)84)63(86)75-49(20-17-28-73-68(72)91)62(85)74-46-24-22-45(23-25-46)40-99-69(92)80-50-35-56(54(94-6)33-47(50)64(87)78-38-43(3)32-52(78)66(80)89)96-30-15-10-16-31-97-57-36-51-48(34-55(57)95-7)65(88)79-41-71(4,5)37-53(79)67(90)81(51)70(93)98-39-44-18-11-8-12-19-44/h8,11-12,18-19,22-27,33-36,42,49,52-53,61,66-67,89-90H,3,9-10,13-17,20-21,28-32,37-41H2,1-2,4-7H3,(H,74,85)(H,75,86)(H,76,82)(H3,72,73,91)/t49-,52-,53-,61-,66?,67?/m0/s1. The summed E-state index contributed by atoms with van der Waals surface area (Å²) in [6.45, 7) is 12.3. The molecule has 8 N–H and O–H groups in total. The third-order valence-electron chi connectivity index (χ3n) is 17.9. The van der Waals surface area contributed by atoms with Gasteiger partial charge in [0, 0.05) is 62.6 Å². The summed E-state index contributed by atoms with van der Waals surface area (Å²) in [6, 6.07) is 16.8. The zero-order valence-corrected chi connectivity index (χ0v) is 56.6. The highest BCUT2D eigenvalue weighted by atomic mass is 16.6. The van der Waals surface area contributed by atoms with Crippen molar-refractivity contribution in [1.29, 1.82) is 0 Å². The minimum atomic E-state index is -1.60. The number of ether oxygens (including phenoxy) is 6. The van der Waals surface area contributed by atoms with Gasteiger partial charge >= 0.3 is 18.2 Å². The van der Waals surface area contributed by atoms with E-state index in [4.69, 9.17) is 34.2 Å². The van der Waals surface area contributed by atoms with Gasteiger partial charge < -0.3 is 75.4 Å². The van der Waals surface area contributed by atoms with Gasteiger partial charge in [0.15, 0.2) is 35.5 Å². The molecule has 2 saturated heterocycles. The molecule has 6 atom stereocenters. The van der Waals surface area contributed by atoms with Gasteiger partial charge in [-0.05, 0) is 105 Å². The highest BCUT2D eigenvalue weighted by Crippen LogP contribution is 2.46. The normalized spacial score (nSPS) is 18.9. The van der Waals surface area contributed by atoms with Crippen molar-refractivity contribution in [1.82, 2.24) is 30.7 Å². The van der Waals surface area contributed by atoms with Crippen molar-refractivity contribution in [3.63, 3.8) is 0 Å². The molecule has 11 amide bonds. The summed E-state index contributed by atoms with van der Waals surface area (Å²) in [5, 5.41) is 34.8. The molecular weight excluding hydrogens is 1280 g/mol. The van der Waals surface area contributed by atoms with Gasteiger partial charge in [-0.25, -0.2) is 24.2 Å². The first kappa shape index (κ1) is 73.0. The fourth-order valence-electron chi connectivity index (χ4n) is 12.7. The Balaban J connectivity index is 0.814. The number of anilines is 3. The van der Waals surface area contributed by atoms with Crippen LogP contribution in [-0.2, 0) is 46.7 Å². The Hall–Kier alpha value is -10.2. The van der Waals surface area contributed by atoms with Crippen molar-refractivity contribution in [2.45, 2.75) is 148 Å². The van der Waals surface area contributed by atoms with E-state index in [-0.39, 0.29) is 146 Å². The second-order valence-electron chi connectivity index (χ2n) is 26.2. The molecule has 4 aromatic rings. The number of carbonyl (C=O) groups is 10. The summed E-state index contributed by atoms with van der Waals surface area (Å²) in [5.41, 5.74) is 7.39. The second kappa shape index (κ2) is 32.9. The van der Waals surface area contributed by atoms with Crippen LogP contribution in [0.1, 0.15) is 130 Å². The lowest BCUT2D eigenvalue weighted by Gasteiger charge is -2.31. The number of amides is 11. The molecule has 9 rings (SSSR count). The number of hydrogen-bond acceptors (Lipinski definition) is 18. The van der Waals surface area contributed by atoms with E-state index in [0.717, 1.165) is 20.3 Å². The van der Waals surface area contributed by atoms with Crippen LogP contribution >= 0.6 is 0 Å². The monoisotopic (exact) mass is 1370 g/mol. The van der Waals surface area contributed by atoms with Crippen LogP contribution in [0.5, 0.6) is 23.0 Å². The zero-order chi connectivity index (χ0) is 71.2. The maximum Gasteiger partial charge on any atom is 0.416 e. The third kappa shape index (κ3) is 17.9. The summed E-state index contributed by atoms with van der Waals surface area (Å²) in [7, 11) is 2.85. The Labute approximate surface area is 574 Å². The fourth-order valence-corrected chi connectivity index (χ4v) is 12.7. The molecule has 5 aliphatic rings. The lowest BCUT2D eigenvalue weighted by atomic mass is 9.90. The van der Waals surface area contributed by atoms with E-state index < -0.39 is 78.5 Å². The van der Waals surface area contributed by atoms with Crippen molar-refractivity contribution in [2.24, 2.45) is 17.1 Å². The van der Waals surface area contributed by atoms with Crippen molar-refractivity contribution < 1.29 is 86.6 Å². The van der Waals surface area contributed by atoms with Crippen LogP contribution in [0.25, 0.3) is 0 Å². The summed E-state index contributed by atoms with van der Waals surface area (Å²) in [6.07, 6.45) is 1.60. The van der Waals surface area contributed by atoms with E-state index >= 15 is 0 Å². The maximum atomic E-state index is 14.4. The first-order valence-corrected chi connectivity index (χ1v) is 33.2. The number of carbonyl (C=O) groups excluding carboxylic acids is 10. The number of unbranched alkanes of at least 4 members (excludes halogenated alkanes) is 4. The molecule has 2 fully saturated rings. The van der Waals surface area contributed by atoms with Gasteiger partial charge in [-0.3, -0.25) is 38.5 Å². The molecule has 0 aromatic heterocycles. The summed E-state index contributed by atoms with van der Waals surface area (Å²) in [4.78, 5) is 139. The van der Waals surface area contributed by atoms with Crippen molar-refractivity contribution in [3.05, 3.63) is 125 Å². The van der Waals surface area contributed by atoms with Crippen LogP contribution in [0.3, 0.4) is 0 Å². The molecule has 530 valence electrons. The molecule has 28 heteroatoms. The molecular formula is C71H88N10O18. The van der Waals surface area contributed by atoms with Crippen molar-refractivity contribution in [2.75, 3.05) is 68.7 Å². The van der Waals surface area contributed by atoms with Crippen LogP contribution in [0, 0.1) is 11.3 Å². The van der Waals surface area contributed by atoms with Gasteiger partial charge in [0.1, 0.15) is 25.3 Å². The quantitative estimate of drug-likeness (QED) is 0.0160. The third-order valence-corrected chi connectivity index (χ3v) is 17.9. The number of hydrogen-bond donors (Lipinski definition) is 7. The number of primary amides is 1. The molecule has 4 aromatic carbocycles. The fraction of sp³-hybridized carbons (Fsp3) is 0.465. The molecule has 0 bridgehead atoms. The Morgan fingerprint density at radius 2 is 1.22 bits per heavy atom. The van der Waals surface area contributed by atoms with E-state index in [1.54, 1.807) is 43.0 Å². The summed E-state index contributed by atoms with van der Waals surface area (Å²) >= 11 is 0. The van der Waals surface area contributed by atoms with E-state index in [0.29, 0.717) is 68.3 Å². The second-order valence-corrected chi connectivity index (χ2v) is 26.2. The topological polar surface area (TPSA) is 357 Å². The molecule has 5 heterocycles. The number of aliphatic hydroxyl groups is 2. The number of aliphatic hydroxyl groups excluding tert-OH is 2. The predicted molar refractivity (Wildman–Crippen MR) is 361 cm³/mol. The Bertz CT molecular complexity index is 3700. The Kier molecular flexibility index (Phi) is 24.3. The molecule has 2 unspecified atom stereocenters. The minimum Gasteiger partial charge on any atom is -0.493 e. The Morgan fingerprint density at radius 3 is 1.79 bits per heavy atom. The number of nitrogens with two attached hydrogens (primary N) is 1. The number of fused-ring (bicyclic) bond motifs is 4. The maximum absolute atomic E-state index is 14.4. The number of benzene rings is 4. The lowest BCUT2D eigenvalue weighted by Crippen LogP contribution is -2.54. The van der Waals surface area contributed by atoms with Gasteiger partial charge in [-0.15, -0.1) is 0 Å². The van der Waals surface area contributed by atoms with Gasteiger partial charge in [0.25, 0.3) is 23.6 Å². The highest BCUT2D eigenvalue weighted by Gasteiger charge is 2.51. The average Bonchev–Trinajstić information content (AvgIpc) is 1.61. The van der Waals surface area contributed by atoms with Crippen molar-refractivity contribution in [3.8, 4) is 23.0 Å². The number of nitrogens with one attached hydrogen (secondary N) is 4. The van der Waals surface area contributed by atoms with E-state index in [9.17, 15) is 58.2 Å². The number of nitrogens with zero attached hydrogens (tertiary/aromatic N) is 5. The zero-order valence-electron chi connectivity index (χ0n) is 56.6. The van der Waals surface area contributed by atoms with Gasteiger partial charge in [-0.2, -0.15) is 0 Å². The minimum absolute atomic E-state index is 0.00271. The largest absolute Gasteiger partial charge is 0.493 e. The predicted octanol–water partition coefficient (Wildman–Crippen LogP) is 6.79. The smallest absolute Gasteiger partial charge is 0.416 e. The molecule has 0 spiro atoms. The number of imide groups is 1. The summed E-state index contributed by atoms with van der Waals surface area (Å²) in [5.74, 6) is -2.81. The molecule has 0 radical (unpaired) electrons.